The summed E-state index contributed by atoms with van der Waals surface area (Å²) in [6.07, 6.45) is 0. The molecule has 0 aliphatic heterocycles. The van der Waals surface area contributed by atoms with Crippen molar-refractivity contribution < 1.29 is 9.66 Å². The lowest BCUT2D eigenvalue weighted by Crippen LogP contribution is -1.99. The number of hydrogen-bond acceptors (Lipinski definition) is 4. The normalized spacial score (nSPS) is 9.95. The number of ether oxygens (including phenoxy) is 1. The Labute approximate surface area is 130 Å². The summed E-state index contributed by atoms with van der Waals surface area (Å²) < 4.78 is 5.51. The van der Waals surface area contributed by atoms with Crippen molar-refractivity contribution in [3.8, 4) is 11.8 Å². The van der Waals surface area contributed by atoms with E-state index in [2.05, 4.69) is 0 Å². The highest BCUT2D eigenvalue weighted by molar-refractivity contribution is 6.31. The first-order chi connectivity index (χ1) is 10.0. The molecule has 0 fully saturated rings. The number of hydrogen-bond donors (Lipinski definition) is 0. The summed E-state index contributed by atoms with van der Waals surface area (Å²) in [5, 5.41) is 20.3. The van der Waals surface area contributed by atoms with Gasteiger partial charge in [0.2, 0.25) is 0 Å². The van der Waals surface area contributed by atoms with Gasteiger partial charge in [-0.15, -0.1) is 0 Å². The molecule has 106 valence electrons. The van der Waals surface area contributed by atoms with Crippen LogP contribution in [0, 0.1) is 21.4 Å². The quantitative estimate of drug-likeness (QED) is 0.619. The first-order valence-electron chi connectivity index (χ1n) is 5.76. The summed E-state index contributed by atoms with van der Waals surface area (Å²) in [6, 6.07) is 10.8. The molecule has 0 bridgehead atoms. The van der Waals surface area contributed by atoms with E-state index in [4.69, 9.17) is 33.2 Å². The number of nitriles is 1. The third kappa shape index (κ3) is 3.63. The third-order valence-corrected chi connectivity index (χ3v) is 3.28. The van der Waals surface area contributed by atoms with Gasteiger partial charge >= 0.3 is 0 Å². The summed E-state index contributed by atoms with van der Waals surface area (Å²) in [6.45, 7) is 0.0752. The van der Waals surface area contributed by atoms with Crippen LogP contribution in [0.15, 0.2) is 36.4 Å². The van der Waals surface area contributed by atoms with E-state index in [1.807, 2.05) is 6.07 Å². The largest absolute Gasteiger partial charge is 0.487 e. The molecule has 0 saturated carbocycles. The zero-order valence-corrected chi connectivity index (χ0v) is 12.1. The molecule has 0 radical (unpaired) electrons. The molecule has 2 rings (SSSR count). The number of rotatable bonds is 4. The fourth-order valence-electron chi connectivity index (χ4n) is 1.63. The smallest absolute Gasteiger partial charge is 0.270 e. The summed E-state index contributed by atoms with van der Waals surface area (Å²) in [4.78, 5) is 10.1. The minimum absolute atomic E-state index is 0.0752. The Balaban J connectivity index is 2.19. The van der Waals surface area contributed by atoms with Crippen molar-refractivity contribution in [1.82, 2.24) is 0 Å². The molecule has 0 heterocycles. The van der Waals surface area contributed by atoms with Gasteiger partial charge in [0, 0.05) is 28.8 Å². The number of benzene rings is 2. The molecule has 7 heteroatoms. The lowest BCUT2D eigenvalue weighted by Gasteiger charge is -2.09. The number of nitrogens with zero attached hydrogens (tertiary/aromatic N) is 2. The second-order valence-corrected chi connectivity index (χ2v) is 4.92. The summed E-state index contributed by atoms with van der Waals surface area (Å²) in [5.74, 6) is 0.333. The molecule has 2 aromatic rings. The van der Waals surface area contributed by atoms with Crippen LogP contribution >= 0.6 is 23.2 Å². The fraction of sp³-hybridized carbons (Fsp3) is 0.0714. The first-order valence-corrected chi connectivity index (χ1v) is 6.52. The van der Waals surface area contributed by atoms with Gasteiger partial charge in [0.1, 0.15) is 18.4 Å². The zero-order chi connectivity index (χ0) is 15.4. The van der Waals surface area contributed by atoms with Crippen molar-refractivity contribution >= 4 is 28.9 Å². The van der Waals surface area contributed by atoms with Crippen LogP contribution in [0.3, 0.4) is 0 Å². The Bertz CT molecular complexity index is 741. The van der Waals surface area contributed by atoms with Crippen molar-refractivity contribution in [3.63, 3.8) is 0 Å². The van der Waals surface area contributed by atoms with Gasteiger partial charge in [-0.2, -0.15) is 5.26 Å². The molecule has 0 saturated heterocycles. The number of non-ortho nitro benzene ring substituents is 1. The lowest BCUT2D eigenvalue weighted by molar-refractivity contribution is -0.384. The van der Waals surface area contributed by atoms with E-state index in [-0.39, 0.29) is 17.3 Å². The molecule has 0 spiro atoms. The molecule has 0 amide bonds. The third-order valence-electron chi connectivity index (χ3n) is 2.69. The Morgan fingerprint density at radius 3 is 2.62 bits per heavy atom. The number of nitro groups is 1. The monoisotopic (exact) mass is 322 g/mol. The van der Waals surface area contributed by atoms with Gasteiger partial charge in [-0.25, -0.2) is 0 Å². The molecular formula is C14H8Cl2N2O3. The minimum atomic E-state index is -0.527. The minimum Gasteiger partial charge on any atom is -0.487 e. The summed E-state index contributed by atoms with van der Waals surface area (Å²) >= 11 is 11.8. The van der Waals surface area contributed by atoms with E-state index >= 15 is 0 Å². The summed E-state index contributed by atoms with van der Waals surface area (Å²) in [5.41, 5.74) is 0.827. The van der Waals surface area contributed by atoms with Crippen LogP contribution in [0.5, 0.6) is 5.75 Å². The Hall–Kier alpha value is -2.29. The number of halogens is 2. The maximum atomic E-state index is 10.6. The van der Waals surface area contributed by atoms with Crippen LogP contribution in [0.4, 0.5) is 5.69 Å². The first kappa shape index (κ1) is 15.1. The van der Waals surface area contributed by atoms with Gasteiger partial charge in [0.25, 0.3) is 5.69 Å². The molecule has 0 aromatic heterocycles. The molecule has 0 aliphatic carbocycles. The highest BCUT2D eigenvalue weighted by Gasteiger charge is 2.11. The standard InChI is InChI=1S/C14H8Cl2N2O3/c15-11-3-1-9(7-17)14(5-11)21-8-10-2-4-12(18(19)20)6-13(10)16/h1-6H,8H2. The molecular weight excluding hydrogens is 315 g/mol. The van der Waals surface area contributed by atoms with Crippen molar-refractivity contribution in [2.75, 3.05) is 0 Å². The Morgan fingerprint density at radius 1 is 1.24 bits per heavy atom. The summed E-state index contributed by atoms with van der Waals surface area (Å²) in [7, 11) is 0. The predicted molar refractivity (Wildman–Crippen MR) is 78.6 cm³/mol. The molecule has 0 N–H and O–H groups in total. The van der Waals surface area contributed by atoms with Crippen molar-refractivity contribution in [3.05, 3.63) is 67.7 Å². The predicted octanol–water partition coefficient (Wildman–Crippen LogP) is 4.35. The van der Waals surface area contributed by atoms with Crippen LogP contribution in [-0.2, 0) is 6.61 Å². The van der Waals surface area contributed by atoms with Crippen LogP contribution in [-0.4, -0.2) is 4.92 Å². The Morgan fingerprint density at radius 2 is 2.00 bits per heavy atom. The highest BCUT2D eigenvalue weighted by atomic mass is 35.5. The highest BCUT2D eigenvalue weighted by Crippen LogP contribution is 2.26. The molecule has 0 unspecified atom stereocenters. The topological polar surface area (TPSA) is 76.2 Å². The van der Waals surface area contributed by atoms with Crippen molar-refractivity contribution in [1.29, 1.82) is 5.26 Å². The average Bonchev–Trinajstić information content (AvgIpc) is 2.46. The van der Waals surface area contributed by atoms with Crippen molar-refractivity contribution in [2.45, 2.75) is 6.61 Å². The van der Waals surface area contributed by atoms with E-state index in [1.54, 1.807) is 12.1 Å². The SMILES string of the molecule is N#Cc1ccc(Cl)cc1OCc1ccc([N+](=O)[O-])cc1Cl. The van der Waals surface area contributed by atoms with Crippen LogP contribution in [0.1, 0.15) is 11.1 Å². The lowest BCUT2D eigenvalue weighted by atomic mass is 10.2. The molecule has 21 heavy (non-hydrogen) atoms. The van der Waals surface area contributed by atoms with Gasteiger partial charge in [0.05, 0.1) is 15.5 Å². The second kappa shape index (κ2) is 6.44. The van der Waals surface area contributed by atoms with Crippen LogP contribution in [0.2, 0.25) is 10.0 Å². The molecule has 5 nitrogen and oxygen atoms in total. The van der Waals surface area contributed by atoms with Gasteiger partial charge in [0.15, 0.2) is 0 Å². The van der Waals surface area contributed by atoms with Gasteiger partial charge in [-0.1, -0.05) is 23.2 Å². The molecule has 0 atom stereocenters. The van der Waals surface area contributed by atoms with Crippen molar-refractivity contribution in [2.24, 2.45) is 0 Å². The maximum absolute atomic E-state index is 10.6. The maximum Gasteiger partial charge on any atom is 0.270 e. The van der Waals surface area contributed by atoms with Crippen LogP contribution < -0.4 is 4.74 Å². The van der Waals surface area contributed by atoms with Gasteiger partial charge < -0.3 is 4.74 Å². The molecule has 2 aromatic carbocycles. The Kier molecular flexibility index (Phi) is 4.63. The van der Waals surface area contributed by atoms with Crippen LogP contribution in [0.25, 0.3) is 0 Å². The molecule has 0 aliphatic rings. The van der Waals surface area contributed by atoms with E-state index in [0.717, 1.165) is 0 Å². The fourth-order valence-corrected chi connectivity index (χ4v) is 2.02. The van der Waals surface area contributed by atoms with Gasteiger partial charge in [-0.05, 0) is 18.2 Å². The van der Waals surface area contributed by atoms with E-state index < -0.39 is 4.92 Å². The van der Waals surface area contributed by atoms with E-state index in [0.29, 0.717) is 21.9 Å². The van der Waals surface area contributed by atoms with E-state index in [9.17, 15) is 10.1 Å². The second-order valence-electron chi connectivity index (χ2n) is 4.07. The van der Waals surface area contributed by atoms with Gasteiger partial charge in [-0.3, -0.25) is 10.1 Å². The number of nitro benzene ring substituents is 1. The van der Waals surface area contributed by atoms with E-state index in [1.165, 1.54) is 24.3 Å². The zero-order valence-electron chi connectivity index (χ0n) is 10.5. The average molecular weight is 323 g/mol.